The first-order chi connectivity index (χ1) is 9.00. The first-order valence-electron chi connectivity index (χ1n) is 5.89. The summed E-state index contributed by atoms with van der Waals surface area (Å²) < 4.78 is 13.7. The molecule has 0 heterocycles. The molecule has 0 radical (unpaired) electrons. The molecule has 4 heteroatoms. The van der Waals surface area contributed by atoms with Gasteiger partial charge in [0.25, 0.3) is 5.91 Å². The van der Waals surface area contributed by atoms with Gasteiger partial charge in [-0.05, 0) is 36.8 Å². The molecule has 98 valence electrons. The zero-order chi connectivity index (χ0) is 14.0. The van der Waals surface area contributed by atoms with Gasteiger partial charge in [0.1, 0.15) is 5.82 Å². The van der Waals surface area contributed by atoms with E-state index < -0.39 is 5.82 Å². The number of amides is 1. The van der Waals surface area contributed by atoms with Gasteiger partial charge in [-0.15, -0.1) is 0 Å². The van der Waals surface area contributed by atoms with Gasteiger partial charge in [0, 0.05) is 18.3 Å². The molecule has 0 aromatic heterocycles. The fourth-order valence-corrected chi connectivity index (χ4v) is 1.88. The lowest BCUT2D eigenvalue weighted by atomic mass is 10.1. The number of rotatable bonds is 2. The Balaban J connectivity index is 2.39. The zero-order valence-electron chi connectivity index (χ0n) is 10.9. The first-order valence-corrected chi connectivity index (χ1v) is 5.89. The highest BCUT2D eigenvalue weighted by atomic mass is 19.1. The summed E-state index contributed by atoms with van der Waals surface area (Å²) in [5.41, 5.74) is 7.73. The van der Waals surface area contributed by atoms with Crippen LogP contribution >= 0.6 is 0 Å². The highest BCUT2D eigenvalue weighted by Gasteiger charge is 2.18. The van der Waals surface area contributed by atoms with Gasteiger partial charge in [-0.25, -0.2) is 4.39 Å². The van der Waals surface area contributed by atoms with E-state index >= 15 is 0 Å². The quantitative estimate of drug-likeness (QED) is 0.842. The average Bonchev–Trinajstić information content (AvgIpc) is 2.40. The van der Waals surface area contributed by atoms with Gasteiger partial charge >= 0.3 is 0 Å². The fraction of sp³-hybridized carbons (Fsp3) is 0.133. The zero-order valence-corrected chi connectivity index (χ0v) is 10.9. The molecule has 2 aromatic rings. The first kappa shape index (κ1) is 13.1. The number of carbonyl (C=O) groups excluding carboxylic acids is 1. The molecule has 0 aliphatic rings. The molecular formula is C15H15FN2O. The molecule has 2 N–H and O–H groups in total. The van der Waals surface area contributed by atoms with Gasteiger partial charge < -0.3 is 10.6 Å². The predicted molar refractivity (Wildman–Crippen MR) is 74.7 cm³/mol. The van der Waals surface area contributed by atoms with Crippen LogP contribution in [0.15, 0.2) is 42.5 Å². The Morgan fingerprint density at radius 3 is 2.58 bits per heavy atom. The van der Waals surface area contributed by atoms with Gasteiger partial charge in [-0.2, -0.15) is 0 Å². The molecular weight excluding hydrogens is 243 g/mol. The summed E-state index contributed by atoms with van der Waals surface area (Å²) >= 11 is 0. The van der Waals surface area contributed by atoms with Gasteiger partial charge in [0.05, 0.1) is 5.69 Å². The summed E-state index contributed by atoms with van der Waals surface area (Å²) in [6, 6.07) is 11.3. The van der Waals surface area contributed by atoms with Crippen LogP contribution in [0.5, 0.6) is 0 Å². The van der Waals surface area contributed by atoms with E-state index in [2.05, 4.69) is 0 Å². The summed E-state index contributed by atoms with van der Waals surface area (Å²) in [4.78, 5) is 13.7. The Morgan fingerprint density at radius 2 is 1.89 bits per heavy atom. The standard InChI is InChI=1S/C15H15FN2O/c1-10-7-8-11(17)9-12(10)15(19)18(2)14-6-4-3-5-13(14)16/h3-9H,17H2,1-2H3. The van der Waals surface area contributed by atoms with Crippen LogP contribution in [0.3, 0.4) is 0 Å². The molecule has 19 heavy (non-hydrogen) atoms. The van der Waals surface area contributed by atoms with Crippen LogP contribution in [0.2, 0.25) is 0 Å². The van der Waals surface area contributed by atoms with E-state index in [1.54, 1.807) is 43.4 Å². The number of nitrogens with zero attached hydrogens (tertiary/aromatic N) is 1. The van der Waals surface area contributed by atoms with Crippen molar-refractivity contribution in [3.63, 3.8) is 0 Å². The smallest absolute Gasteiger partial charge is 0.258 e. The van der Waals surface area contributed by atoms with E-state index in [9.17, 15) is 9.18 Å². The second-order valence-corrected chi connectivity index (χ2v) is 4.39. The fourth-order valence-electron chi connectivity index (χ4n) is 1.88. The number of benzene rings is 2. The van der Waals surface area contributed by atoms with E-state index in [1.165, 1.54) is 11.0 Å². The molecule has 2 rings (SSSR count). The maximum atomic E-state index is 13.7. The normalized spacial score (nSPS) is 10.3. The van der Waals surface area contributed by atoms with Gasteiger partial charge in [-0.1, -0.05) is 18.2 Å². The third kappa shape index (κ3) is 2.57. The molecule has 3 nitrogen and oxygen atoms in total. The molecule has 0 saturated heterocycles. The van der Waals surface area contributed by atoms with Crippen LogP contribution in [-0.4, -0.2) is 13.0 Å². The molecule has 0 spiro atoms. The van der Waals surface area contributed by atoms with E-state index in [0.717, 1.165) is 5.56 Å². The molecule has 0 saturated carbocycles. The topological polar surface area (TPSA) is 46.3 Å². The number of nitrogens with two attached hydrogens (primary N) is 1. The number of hydrogen-bond acceptors (Lipinski definition) is 2. The Hall–Kier alpha value is -2.36. The largest absolute Gasteiger partial charge is 0.399 e. The number of para-hydroxylation sites is 1. The van der Waals surface area contributed by atoms with Crippen LogP contribution in [0.1, 0.15) is 15.9 Å². The predicted octanol–water partition coefficient (Wildman–Crippen LogP) is 2.99. The Bertz CT molecular complexity index is 625. The molecule has 0 aliphatic carbocycles. The minimum Gasteiger partial charge on any atom is -0.399 e. The summed E-state index contributed by atoms with van der Waals surface area (Å²) in [5, 5.41) is 0. The van der Waals surface area contributed by atoms with E-state index in [4.69, 9.17) is 5.73 Å². The number of anilines is 2. The van der Waals surface area contributed by atoms with Crippen LogP contribution in [-0.2, 0) is 0 Å². The minimum absolute atomic E-state index is 0.245. The van der Waals surface area contributed by atoms with Crippen molar-refractivity contribution >= 4 is 17.3 Å². The third-order valence-corrected chi connectivity index (χ3v) is 3.01. The lowest BCUT2D eigenvalue weighted by molar-refractivity contribution is 0.0991. The van der Waals surface area contributed by atoms with E-state index in [0.29, 0.717) is 11.3 Å². The lowest BCUT2D eigenvalue weighted by Crippen LogP contribution is -2.27. The van der Waals surface area contributed by atoms with Crippen molar-refractivity contribution in [2.24, 2.45) is 0 Å². The van der Waals surface area contributed by atoms with Gasteiger partial charge in [0.2, 0.25) is 0 Å². The van der Waals surface area contributed by atoms with E-state index in [1.807, 2.05) is 6.92 Å². The highest BCUT2D eigenvalue weighted by molar-refractivity contribution is 6.07. The monoisotopic (exact) mass is 258 g/mol. The third-order valence-electron chi connectivity index (χ3n) is 3.01. The molecule has 0 bridgehead atoms. The molecule has 2 aromatic carbocycles. The SMILES string of the molecule is Cc1ccc(N)cc1C(=O)N(C)c1ccccc1F. The highest BCUT2D eigenvalue weighted by Crippen LogP contribution is 2.21. The molecule has 0 atom stereocenters. The second-order valence-electron chi connectivity index (χ2n) is 4.39. The van der Waals surface area contributed by atoms with Crippen molar-refractivity contribution in [3.05, 3.63) is 59.4 Å². The summed E-state index contributed by atoms with van der Waals surface area (Å²) in [7, 11) is 1.55. The van der Waals surface area contributed by atoms with Crippen LogP contribution < -0.4 is 10.6 Å². The Morgan fingerprint density at radius 1 is 1.21 bits per heavy atom. The van der Waals surface area contributed by atoms with Crippen molar-refractivity contribution in [1.82, 2.24) is 0 Å². The maximum Gasteiger partial charge on any atom is 0.258 e. The van der Waals surface area contributed by atoms with E-state index in [-0.39, 0.29) is 11.6 Å². The number of halogens is 1. The van der Waals surface area contributed by atoms with Gasteiger partial charge in [0.15, 0.2) is 0 Å². The van der Waals surface area contributed by atoms with Gasteiger partial charge in [-0.3, -0.25) is 4.79 Å². The van der Waals surface area contributed by atoms with Crippen molar-refractivity contribution in [3.8, 4) is 0 Å². The van der Waals surface area contributed by atoms with Crippen molar-refractivity contribution in [2.45, 2.75) is 6.92 Å². The molecule has 0 unspecified atom stereocenters. The van der Waals surface area contributed by atoms with Crippen molar-refractivity contribution in [2.75, 3.05) is 17.7 Å². The number of carbonyl (C=O) groups is 1. The summed E-state index contributed by atoms with van der Waals surface area (Å²) in [6.07, 6.45) is 0. The lowest BCUT2D eigenvalue weighted by Gasteiger charge is -2.19. The summed E-state index contributed by atoms with van der Waals surface area (Å²) in [6.45, 7) is 1.82. The Kier molecular flexibility index (Phi) is 3.51. The second kappa shape index (κ2) is 5.10. The number of nitrogen functional groups attached to an aromatic ring is 1. The van der Waals surface area contributed by atoms with Crippen molar-refractivity contribution in [1.29, 1.82) is 0 Å². The summed E-state index contributed by atoms with van der Waals surface area (Å²) in [5.74, 6) is -0.713. The number of aryl methyl sites for hydroxylation is 1. The average molecular weight is 258 g/mol. The molecule has 0 aliphatic heterocycles. The van der Waals surface area contributed by atoms with Crippen LogP contribution in [0.25, 0.3) is 0 Å². The molecule has 0 fully saturated rings. The Labute approximate surface area is 111 Å². The maximum absolute atomic E-state index is 13.7. The molecule has 1 amide bonds. The number of hydrogen-bond donors (Lipinski definition) is 1. The van der Waals surface area contributed by atoms with Crippen LogP contribution in [0, 0.1) is 12.7 Å². The van der Waals surface area contributed by atoms with Crippen molar-refractivity contribution < 1.29 is 9.18 Å². The van der Waals surface area contributed by atoms with Crippen LogP contribution in [0.4, 0.5) is 15.8 Å². The minimum atomic E-state index is -0.431.